The van der Waals surface area contributed by atoms with Gasteiger partial charge in [-0.25, -0.2) is 0 Å². The molecule has 0 saturated carbocycles. The third-order valence-corrected chi connectivity index (χ3v) is 5.63. The summed E-state index contributed by atoms with van der Waals surface area (Å²) in [6.45, 7) is 4.70. The molecule has 1 unspecified atom stereocenters. The highest BCUT2D eigenvalue weighted by atomic mass is 79.9. The molecule has 3 aromatic rings. The Morgan fingerprint density at radius 3 is 2.67 bits per heavy atom. The van der Waals surface area contributed by atoms with Crippen molar-refractivity contribution in [2.24, 2.45) is 0 Å². The number of thioether (sulfide) groups is 1. The Kier molecular flexibility index (Phi) is 6.68. The van der Waals surface area contributed by atoms with E-state index in [2.05, 4.69) is 55.1 Å². The van der Waals surface area contributed by atoms with E-state index in [1.807, 2.05) is 49.4 Å². The van der Waals surface area contributed by atoms with Crippen molar-refractivity contribution >= 4 is 39.3 Å². The Hall–Kier alpha value is -2.12. The van der Waals surface area contributed by atoms with Gasteiger partial charge in [-0.2, -0.15) is 0 Å². The van der Waals surface area contributed by atoms with Crippen molar-refractivity contribution in [2.75, 3.05) is 5.32 Å². The fraction of sp³-hybridized carbons (Fsp3) is 0.250. The van der Waals surface area contributed by atoms with E-state index in [9.17, 15) is 4.79 Å². The van der Waals surface area contributed by atoms with Crippen LogP contribution in [0.25, 0.3) is 0 Å². The van der Waals surface area contributed by atoms with Gasteiger partial charge in [0.2, 0.25) is 5.91 Å². The van der Waals surface area contributed by atoms with Gasteiger partial charge in [0.15, 0.2) is 5.16 Å². The number of hydrogen-bond donors (Lipinski definition) is 1. The summed E-state index contributed by atoms with van der Waals surface area (Å²) in [5.41, 5.74) is 1.96. The van der Waals surface area contributed by atoms with Crippen LogP contribution in [-0.4, -0.2) is 25.9 Å². The minimum Gasteiger partial charge on any atom is -0.325 e. The molecule has 5 nitrogen and oxygen atoms in total. The largest absolute Gasteiger partial charge is 0.325 e. The van der Waals surface area contributed by atoms with Crippen molar-refractivity contribution in [3.05, 3.63) is 70.5 Å². The molecule has 0 radical (unpaired) electrons. The molecule has 1 atom stereocenters. The molecule has 0 saturated heterocycles. The predicted molar refractivity (Wildman–Crippen MR) is 113 cm³/mol. The minimum atomic E-state index is -0.289. The van der Waals surface area contributed by atoms with Crippen molar-refractivity contribution in [3.63, 3.8) is 0 Å². The van der Waals surface area contributed by atoms with Crippen molar-refractivity contribution < 1.29 is 4.79 Å². The van der Waals surface area contributed by atoms with Crippen LogP contribution in [0.1, 0.15) is 25.2 Å². The fourth-order valence-corrected chi connectivity index (χ4v) is 3.99. The van der Waals surface area contributed by atoms with E-state index in [-0.39, 0.29) is 11.2 Å². The van der Waals surface area contributed by atoms with Crippen LogP contribution in [0.3, 0.4) is 0 Å². The van der Waals surface area contributed by atoms with Crippen molar-refractivity contribution in [1.82, 2.24) is 14.8 Å². The zero-order valence-corrected chi connectivity index (χ0v) is 17.6. The normalized spacial score (nSPS) is 12.0. The zero-order valence-electron chi connectivity index (χ0n) is 15.2. The number of amides is 1. The SMILES string of the molecule is CCn1c(Cc2ccccc2)nnc1SC(C)C(=O)Nc1cccc(Br)c1. The van der Waals surface area contributed by atoms with Gasteiger partial charge in [-0.1, -0.05) is 64.1 Å². The number of halogens is 1. The van der Waals surface area contributed by atoms with Crippen molar-refractivity contribution in [1.29, 1.82) is 0 Å². The van der Waals surface area contributed by atoms with Gasteiger partial charge >= 0.3 is 0 Å². The standard InChI is InChI=1S/C20H21BrN4OS/c1-3-25-18(12-15-8-5-4-6-9-15)23-24-20(25)27-14(2)19(26)22-17-11-7-10-16(21)13-17/h4-11,13-14H,3,12H2,1-2H3,(H,22,26). The number of nitrogens with one attached hydrogen (secondary N) is 1. The van der Waals surface area contributed by atoms with E-state index in [1.54, 1.807) is 0 Å². The van der Waals surface area contributed by atoms with Crippen LogP contribution in [0, 0.1) is 0 Å². The van der Waals surface area contributed by atoms with Gasteiger partial charge in [0.25, 0.3) is 0 Å². The molecule has 1 N–H and O–H groups in total. The molecule has 2 aromatic carbocycles. The molecule has 0 spiro atoms. The summed E-state index contributed by atoms with van der Waals surface area (Å²) in [7, 11) is 0. The number of hydrogen-bond acceptors (Lipinski definition) is 4. The van der Waals surface area contributed by atoms with Crippen molar-refractivity contribution in [2.45, 2.75) is 37.2 Å². The molecule has 7 heteroatoms. The Balaban J connectivity index is 1.68. The molecule has 1 amide bonds. The van der Waals surface area contributed by atoms with Crippen LogP contribution < -0.4 is 5.32 Å². The summed E-state index contributed by atoms with van der Waals surface area (Å²) in [5.74, 6) is 0.846. The zero-order chi connectivity index (χ0) is 19.2. The van der Waals surface area contributed by atoms with Crippen LogP contribution in [0.5, 0.6) is 0 Å². The maximum atomic E-state index is 12.5. The van der Waals surface area contributed by atoms with Crippen molar-refractivity contribution in [3.8, 4) is 0 Å². The Morgan fingerprint density at radius 1 is 1.19 bits per heavy atom. The molecule has 0 aliphatic carbocycles. The minimum absolute atomic E-state index is 0.0617. The fourth-order valence-electron chi connectivity index (χ4n) is 2.65. The Bertz CT molecular complexity index is 913. The second kappa shape index (κ2) is 9.19. The number of nitrogens with zero attached hydrogens (tertiary/aromatic N) is 3. The molecule has 0 bridgehead atoms. The highest BCUT2D eigenvalue weighted by Crippen LogP contribution is 2.25. The van der Waals surface area contributed by atoms with Crippen LogP contribution in [0.15, 0.2) is 64.2 Å². The summed E-state index contributed by atoms with van der Waals surface area (Å²) < 4.78 is 3.00. The molecule has 27 heavy (non-hydrogen) atoms. The maximum Gasteiger partial charge on any atom is 0.237 e. The van der Waals surface area contributed by atoms with E-state index in [1.165, 1.54) is 17.3 Å². The van der Waals surface area contributed by atoms with Gasteiger partial charge in [0.05, 0.1) is 5.25 Å². The topological polar surface area (TPSA) is 59.8 Å². The van der Waals surface area contributed by atoms with Gasteiger partial charge in [-0.15, -0.1) is 10.2 Å². The average Bonchev–Trinajstić information content (AvgIpc) is 3.03. The van der Waals surface area contributed by atoms with E-state index in [0.29, 0.717) is 0 Å². The first-order valence-electron chi connectivity index (χ1n) is 8.76. The highest BCUT2D eigenvalue weighted by molar-refractivity contribution is 9.10. The van der Waals surface area contributed by atoms with Gasteiger partial charge in [-0.3, -0.25) is 4.79 Å². The number of carbonyl (C=O) groups excluding carboxylic acids is 1. The lowest BCUT2D eigenvalue weighted by molar-refractivity contribution is -0.115. The number of carbonyl (C=O) groups is 1. The first-order valence-corrected chi connectivity index (χ1v) is 10.4. The Morgan fingerprint density at radius 2 is 1.96 bits per heavy atom. The molecule has 1 heterocycles. The van der Waals surface area contributed by atoms with E-state index < -0.39 is 0 Å². The first kappa shape index (κ1) is 19.6. The maximum absolute atomic E-state index is 12.5. The quantitative estimate of drug-likeness (QED) is 0.533. The smallest absolute Gasteiger partial charge is 0.237 e. The van der Waals surface area contributed by atoms with E-state index >= 15 is 0 Å². The number of rotatable bonds is 7. The van der Waals surface area contributed by atoms with E-state index in [0.717, 1.165) is 34.1 Å². The summed E-state index contributed by atoms with van der Waals surface area (Å²) >= 11 is 4.84. The summed E-state index contributed by atoms with van der Waals surface area (Å²) in [4.78, 5) is 12.5. The second-order valence-electron chi connectivity index (χ2n) is 6.07. The lowest BCUT2D eigenvalue weighted by Gasteiger charge is -2.13. The van der Waals surface area contributed by atoms with Crippen LogP contribution in [-0.2, 0) is 17.8 Å². The van der Waals surface area contributed by atoms with Gasteiger partial charge < -0.3 is 9.88 Å². The van der Waals surface area contributed by atoms with Gasteiger partial charge in [0, 0.05) is 23.1 Å². The number of benzene rings is 2. The van der Waals surface area contributed by atoms with Gasteiger partial charge in [-0.05, 0) is 37.6 Å². The lowest BCUT2D eigenvalue weighted by Crippen LogP contribution is -2.23. The number of anilines is 1. The highest BCUT2D eigenvalue weighted by Gasteiger charge is 2.20. The van der Waals surface area contributed by atoms with Crippen LogP contribution in [0.4, 0.5) is 5.69 Å². The average molecular weight is 445 g/mol. The van der Waals surface area contributed by atoms with Crippen LogP contribution in [0.2, 0.25) is 0 Å². The third kappa shape index (κ3) is 5.20. The molecule has 0 aliphatic heterocycles. The molecule has 140 valence electrons. The lowest BCUT2D eigenvalue weighted by atomic mass is 10.1. The Labute approximate surface area is 171 Å². The van der Waals surface area contributed by atoms with Gasteiger partial charge in [0.1, 0.15) is 5.82 Å². The molecule has 3 rings (SSSR count). The predicted octanol–water partition coefficient (Wildman–Crippen LogP) is 4.77. The monoisotopic (exact) mass is 444 g/mol. The first-order chi connectivity index (χ1) is 13.1. The third-order valence-electron chi connectivity index (χ3n) is 4.06. The molecular formula is C20H21BrN4OS. The summed E-state index contributed by atoms with van der Waals surface area (Å²) in [6.07, 6.45) is 0.723. The summed E-state index contributed by atoms with van der Waals surface area (Å²) in [6, 6.07) is 17.8. The molecular weight excluding hydrogens is 424 g/mol. The number of aromatic nitrogens is 3. The molecule has 1 aromatic heterocycles. The van der Waals surface area contributed by atoms with Crippen LogP contribution >= 0.6 is 27.7 Å². The summed E-state index contributed by atoms with van der Waals surface area (Å²) in [5, 5.41) is 12.1. The molecule has 0 fully saturated rings. The molecule has 0 aliphatic rings. The second-order valence-corrected chi connectivity index (χ2v) is 8.29. The van der Waals surface area contributed by atoms with E-state index in [4.69, 9.17) is 0 Å².